The average Bonchev–Trinajstić information content (AvgIpc) is 3.09. The van der Waals surface area contributed by atoms with Crippen molar-refractivity contribution in [3.8, 4) is 0 Å². The molecule has 0 saturated carbocycles. The van der Waals surface area contributed by atoms with Gasteiger partial charge in [0, 0.05) is 32.7 Å². The molecule has 0 aromatic heterocycles. The maximum atomic E-state index is 12.9. The second kappa shape index (κ2) is 20.1. The summed E-state index contributed by atoms with van der Waals surface area (Å²) in [4.78, 5) is 61.9. The fourth-order valence-corrected chi connectivity index (χ4v) is 4.71. The minimum Gasteiger partial charge on any atom is -0.461 e. The molecule has 1 heterocycles. The van der Waals surface area contributed by atoms with E-state index in [4.69, 9.17) is 18.9 Å². The van der Waals surface area contributed by atoms with E-state index in [0.29, 0.717) is 0 Å². The van der Waals surface area contributed by atoms with Crippen LogP contribution in [-0.2, 0) is 56.1 Å². The van der Waals surface area contributed by atoms with E-state index in [9.17, 15) is 39.3 Å². The van der Waals surface area contributed by atoms with Gasteiger partial charge in [0.15, 0.2) is 6.29 Å². The highest BCUT2D eigenvalue weighted by molar-refractivity contribution is 5.87. The summed E-state index contributed by atoms with van der Waals surface area (Å²) in [5.74, 6) is -2.93. The maximum absolute atomic E-state index is 12.9. The summed E-state index contributed by atoms with van der Waals surface area (Å²) in [6.07, 6.45) is -6.06. The number of hydrogen-bond acceptors (Lipinski definition) is 12. The summed E-state index contributed by atoms with van der Waals surface area (Å²) < 4.78 is 21.6. The molecule has 15 nitrogen and oxygen atoms in total. The lowest BCUT2D eigenvalue weighted by Gasteiger charge is -2.42. The molecule has 1 fully saturated rings. The zero-order chi connectivity index (χ0) is 34.9. The van der Waals surface area contributed by atoms with Crippen molar-refractivity contribution in [1.29, 1.82) is 0 Å². The first-order valence-corrected chi connectivity index (χ1v) is 15.5. The van der Waals surface area contributed by atoms with Crippen LogP contribution in [0.15, 0.2) is 60.7 Å². The predicted octanol–water partition coefficient (Wildman–Crippen LogP) is -0.405. The Kier molecular flexibility index (Phi) is 15.9. The molecule has 262 valence electrons. The van der Waals surface area contributed by atoms with Crippen molar-refractivity contribution in [3.63, 3.8) is 0 Å². The van der Waals surface area contributed by atoms with Crippen LogP contribution in [-0.4, -0.2) is 101 Å². The lowest BCUT2D eigenvalue weighted by molar-refractivity contribution is -0.269. The molecule has 5 unspecified atom stereocenters. The molecule has 2 aromatic rings. The van der Waals surface area contributed by atoms with Crippen molar-refractivity contribution in [3.05, 3.63) is 71.8 Å². The molecule has 0 spiro atoms. The van der Waals surface area contributed by atoms with Gasteiger partial charge in [0.2, 0.25) is 17.7 Å². The number of hydrogen-bond donors (Lipinski definition) is 6. The quantitative estimate of drug-likeness (QED) is 0.0880. The van der Waals surface area contributed by atoms with Crippen molar-refractivity contribution >= 4 is 29.7 Å². The van der Waals surface area contributed by atoms with Crippen LogP contribution < -0.4 is 16.0 Å². The highest BCUT2D eigenvalue weighted by Gasteiger charge is 2.45. The first kappa shape index (κ1) is 38.0. The number of aliphatic hydroxyl groups excluding tert-OH is 3. The lowest BCUT2D eigenvalue weighted by atomic mass is 9.97. The van der Waals surface area contributed by atoms with Crippen molar-refractivity contribution in [1.82, 2.24) is 16.0 Å². The minimum absolute atomic E-state index is 0.0327. The SMILES string of the molecule is CC(=O)NC1C(OCCNC(=O)CCC(=O)N[C@@H](CCC(=O)OCc2ccccc2)C(=O)OCc2ccccc2)OC(CO)C(O)C1O. The third-order valence-corrected chi connectivity index (χ3v) is 7.26. The van der Waals surface area contributed by atoms with Crippen molar-refractivity contribution in [2.24, 2.45) is 0 Å². The van der Waals surface area contributed by atoms with Gasteiger partial charge >= 0.3 is 11.9 Å². The third kappa shape index (κ3) is 13.0. The molecule has 1 saturated heterocycles. The number of ether oxygens (including phenoxy) is 4. The Hall–Kier alpha value is -4.41. The highest BCUT2D eigenvalue weighted by Crippen LogP contribution is 2.22. The van der Waals surface area contributed by atoms with E-state index in [0.717, 1.165) is 11.1 Å². The summed E-state index contributed by atoms with van der Waals surface area (Å²) in [7, 11) is 0. The first-order valence-electron chi connectivity index (χ1n) is 15.5. The Morgan fingerprint density at radius 2 is 1.44 bits per heavy atom. The predicted molar refractivity (Wildman–Crippen MR) is 167 cm³/mol. The van der Waals surface area contributed by atoms with Gasteiger partial charge in [0.05, 0.1) is 13.2 Å². The van der Waals surface area contributed by atoms with Gasteiger partial charge < -0.3 is 50.2 Å². The van der Waals surface area contributed by atoms with Crippen molar-refractivity contribution < 1.29 is 58.2 Å². The van der Waals surface area contributed by atoms with Crippen LogP contribution in [0.1, 0.15) is 43.7 Å². The Bertz CT molecular complexity index is 1330. The minimum atomic E-state index is -1.47. The second-order valence-electron chi connectivity index (χ2n) is 11.1. The number of benzene rings is 2. The number of carbonyl (C=O) groups excluding carboxylic acids is 5. The molecule has 0 radical (unpaired) electrons. The molecule has 1 aliphatic heterocycles. The van der Waals surface area contributed by atoms with Gasteiger partial charge in [-0.15, -0.1) is 0 Å². The lowest BCUT2D eigenvalue weighted by Crippen LogP contribution is -2.64. The third-order valence-electron chi connectivity index (χ3n) is 7.26. The van der Waals surface area contributed by atoms with Gasteiger partial charge in [-0.25, -0.2) is 4.79 Å². The number of aliphatic hydroxyl groups is 3. The molecule has 3 amide bonds. The number of nitrogens with one attached hydrogen (secondary N) is 3. The zero-order valence-electron chi connectivity index (χ0n) is 26.6. The van der Waals surface area contributed by atoms with Gasteiger partial charge in [-0.1, -0.05) is 60.7 Å². The molecule has 2 aromatic carbocycles. The molecule has 0 aliphatic carbocycles. The molecular weight excluding hydrogens is 630 g/mol. The van der Waals surface area contributed by atoms with E-state index in [-0.39, 0.29) is 52.0 Å². The molecular formula is C33H43N3O12. The Labute approximate surface area is 277 Å². The van der Waals surface area contributed by atoms with E-state index in [1.165, 1.54) is 6.92 Å². The summed E-state index contributed by atoms with van der Waals surface area (Å²) in [6, 6.07) is 15.7. The highest BCUT2D eigenvalue weighted by atomic mass is 16.7. The zero-order valence-corrected chi connectivity index (χ0v) is 26.6. The summed E-state index contributed by atoms with van der Waals surface area (Å²) in [6.45, 7) is 0.472. The van der Waals surface area contributed by atoms with Gasteiger partial charge in [-0.3, -0.25) is 19.2 Å². The fraction of sp³-hybridized carbons (Fsp3) is 0.485. The molecule has 0 bridgehead atoms. The van der Waals surface area contributed by atoms with Crippen molar-refractivity contribution in [2.45, 2.75) is 82.5 Å². The molecule has 48 heavy (non-hydrogen) atoms. The van der Waals surface area contributed by atoms with Crippen LogP contribution in [0.2, 0.25) is 0 Å². The Morgan fingerprint density at radius 1 is 0.833 bits per heavy atom. The first-order chi connectivity index (χ1) is 23.1. The van der Waals surface area contributed by atoms with Crippen molar-refractivity contribution in [2.75, 3.05) is 19.8 Å². The Morgan fingerprint density at radius 3 is 2.04 bits per heavy atom. The summed E-state index contributed by atoms with van der Waals surface area (Å²) in [5.41, 5.74) is 1.54. The largest absolute Gasteiger partial charge is 0.461 e. The van der Waals surface area contributed by atoms with Crippen LogP contribution in [0.4, 0.5) is 0 Å². The smallest absolute Gasteiger partial charge is 0.328 e. The van der Waals surface area contributed by atoms with Gasteiger partial charge in [0.1, 0.15) is 43.6 Å². The van der Waals surface area contributed by atoms with Crippen LogP contribution in [0.25, 0.3) is 0 Å². The van der Waals surface area contributed by atoms with Gasteiger partial charge in [-0.2, -0.15) is 0 Å². The fourth-order valence-electron chi connectivity index (χ4n) is 4.71. The molecule has 1 aliphatic rings. The standard InChI is InChI=1S/C33H43N3O12/c1-21(38)35-29-31(43)30(42)25(18-37)48-33(29)45-17-16-34-26(39)13-14-27(40)36-24(32(44)47-20-23-10-6-3-7-11-23)12-15-28(41)46-19-22-8-4-2-5-9-22/h2-11,24-25,29-31,33,37,42-43H,12-20H2,1H3,(H,34,39)(H,35,38)(H,36,40)/t24-,25?,29?,30?,31?,33?/m0/s1. The molecule has 6 N–H and O–H groups in total. The van der Waals surface area contributed by atoms with Crippen LogP contribution in [0, 0.1) is 0 Å². The van der Waals surface area contributed by atoms with E-state index in [1.807, 2.05) is 24.3 Å². The average molecular weight is 674 g/mol. The maximum Gasteiger partial charge on any atom is 0.328 e. The number of carbonyl (C=O) groups is 5. The molecule has 3 rings (SSSR count). The number of rotatable bonds is 18. The van der Waals surface area contributed by atoms with E-state index in [2.05, 4.69) is 16.0 Å². The van der Waals surface area contributed by atoms with Gasteiger partial charge in [0.25, 0.3) is 0 Å². The molecule has 15 heteroatoms. The summed E-state index contributed by atoms with van der Waals surface area (Å²) in [5, 5.41) is 37.4. The summed E-state index contributed by atoms with van der Waals surface area (Å²) >= 11 is 0. The topological polar surface area (TPSA) is 219 Å². The normalized spacial score (nSPS) is 21.0. The Balaban J connectivity index is 1.45. The van der Waals surface area contributed by atoms with Crippen LogP contribution in [0.3, 0.4) is 0 Å². The van der Waals surface area contributed by atoms with Crippen LogP contribution in [0.5, 0.6) is 0 Å². The molecule has 6 atom stereocenters. The van der Waals surface area contributed by atoms with E-state index in [1.54, 1.807) is 36.4 Å². The number of amides is 3. The second-order valence-corrected chi connectivity index (χ2v) is 11.1. The monoisotopic (exact) mass is 673 g/mol. The van der Waals surface area contributed by atoms with Crippen LogP contribution >= 0.6 is 0 Å². The van der Waals surface area contributed by atoms with Gasteiger partial charge in [-0.05, 0) is 17.5 Å². The van der Waals surface area contributed by atoms with E-state index >= 15 is 0 Å². The van der Waals surface area contributed by atoms with E-state index < -0.39 is 73.0 Å². The number of esters is 2.